The number of tetrazole rings is 1. The molecule has 1 aliphatic rings. The molecule has 3 rings (SSSR count). The first-order valence-corrected chi connectivity index (χ1v) is 7.54. The molecule has 1 heterocycles. The number of benzene rings is 1. The Morgan fingerprint density at radius 3 is 2.80 bits per heavy atom. The van der Waals surface area contributed by atoms with Crippen molar-refractivity contribution in [1.82, 2.24) is 20.2 Å². The van der Waals surface area contributed by atoms with Crippen LogP contribution >= 0.6 is 11.8 Å². The summed E-state index contributed by atoms with van der Waals surface area (Å²) in [4.78, 5) is 0. The van der Waals surface area contributed by atoms with Gasteiger partial charge in [0.2, 0.25) is 5.16 Å². The van der Waals surface area contributed by atoms with Crippen LogP contribution in [0.4, 0.5) is 0 Å². The quantitative estimate of drug-likeness (QED) is 0.790. The van der Waals surface area contributed by atoms with Crippen LogP contribution in [0.25, 0.3) is 0 Å². The van der Waals surface area contributed by atoms with Crippen molar-refractivity contribution in [2.45, 2.75) is 42.6 Å². The molecular weight excluding hydrogens is 270 g/mol. The highest BCUT2D eigenvalue weighted by Crippen LogP contribution is 2.37. The summed E-state index contributed by atoms with van der Waals surface area (Å²) < 4.78 is 1.85. The zero-order valence-electron chi connectivity index (χ0n) is 11.2. The Morgan fingerprint density at radius 2 is 2.15 bits per heavy atom. The van der Waals surface area contributed by atoms with E-state index in [1.54, 1.807) is 0 Å². The minimum atomic E-state index is -0.166. The van der Waals surface area contributed by atoms with Gasteiger partial charge in [-0.25, -0.2) is 4.68 Å². The van der Waals surface area contributed by atoms with Gasteiger partial charge in [-0.05, 0) is 42.2 Å². The minimum absolute atomic E-state index is 0.166. The van der Waals surface area contributed by atoms with Crippen LogP contribution in [0.15, 0.2) is 29.4 Å². The van der Waals surface area contributed by atoms with E-state index in [0.29, 0.717) is 12.5 Å². The molecule has 1 fully saturated rings. The fourth-order valence-electron chi connectivity index (χ4n) is 1.99. The van der Waals surface area contributed by atoms with Gasteiger partial charge in [-0.3, -0.25) is 0 Å². The monoisotopic (exact) mass is 285 g/mol. The molecule has 0 unspecified atom stereocenters. The van der Waals surface area contributed by atoms with Gasteiger partial charge in [0.25, 0.3) is 0 Å². The molecule has 2 aromatic rings. The average molecular weight is 285 g/mol. The lowest BCUT2D eigenvalue weighted by molar-refractivity contribution is 0.565. The van der Waals surface area contributed by atoms with E-state index in [1.165, 1.54) is 22.9 Å². The smallest absolute Gasteiger partial charge is 0.210 e. The SMILES string of the molecule is Cc1ccc(C[C@H](C#N)Sc2nnnn2C2CC2)cc1. The second-order valence-electron chi connectivity index (χ2n) is 5.06. The first kappa shape index (κ1) is 13.1. The Balaban J connectivity index is 1.69. The van der Waals surface area contributed by atoms with Crippen molar-refractivity contribution >= 4 is 11.8 Å². The van der Waals surface area contributed by atoms with Crippen LogP contribution in [-0.2, 0) is 6.42 Å². The number of hydrogen-bond donors (Lipinski definition) is 0. The van der Waals surface area contributed by atoms with Crippen molar-refractivity contribution in [2.75, 3.05) is 0 Å². The third-order valence-electron chi connectivity index (χ3n) is 3.29. The van der Waals surface area contributed by atoms with Crippen molar-refractivity contribution in [3.63, 3.8) is 0 Å². The van der Waals surface area contributed by atoms with Crippen molar-refractivity contribution in [3.8, 4) is 6.07 Å². The molecule has 0 aliphatic heterocycles. The fourth-order valence-corrected chi connectivity index (χ4v) is 2.95. The Morgan fingerprint density at radius 1 is 1.40 bits per heavy atom. The van der Waals surface area contributed by atoms with Crippen molar-refractivity contribution in [3.05, 3.63) is 35.4 Å². The summed E-state index contributed by atoms with van der Waals surface area (Å²) in [5.41, 5.74) is 2.40. The molecule has 0 saturated heterocycles. The molecule has 0 radical (unpaired) electrons. The molecule has 0 N–H and O–H groups in total. The number of aryl methyl sites for hydroxylation is 1. The van der Waals surface area contributed by atoms with E-state index in [4.69, 9.17) is 0 Å². The lowest BCUT2D eigenvalue weighted by Crippen LogP contribution is -2.07. The molecule has 1 aromatic carbocycles. The molecule has 0 spiro atoms. The summed E-state index contributed by atoms with van der Waals surface area (Å²) in [5, 5.41) is 21.7. The highest BCUT2D eigenvalue weighted by Gasteiger charge is 2.29. The maximum atomic E-state index is 9.34. The molecule has 0 amide bonds. The zero-order chi connectivity index (χ0) is 13.9. The van der Waals surface area contributed by atoms with E-state index in [2.05, 4.69) is 52.8 Å². The number of thioether (sulfide) groups is 1. The van der Waals surface area contributed by atoms with E-state index < -0.39 is 0 Å². The number of rotatable bonds is 5. The van der Waals surface area contributed by atoms with E-state index in [9.17, 15) is 5.26 Å². The predicted molar refractivity (Wildman–Crippen MR) is 76.2 cm³/mol. The third kappa shape index (κ3) is 2.99. The highest BCUT2D eigenvalue weighted by molar-refractivity contribution is 8.00. The van der Waals surface area contributed by atoms with Crippen LogP contribution in [0.1, 0.15) is 30.0 Å². The van der Waals surface area contributed by atoms with E-state index >= 15 is 0 Å². The molecule has 6 heteroatoms. The van der Waals surface area contributed by atoms with Gasteiger partial charge in [0.05, 0.1) is 12.1 Å². The van der Waals surface area contributed by atoms with Gasteiger partial charge in [-0.1, -0.05) is 41.6 Å². The van der Waals surface area contributed by atoms with Gasteiger partial charge < -0.3 is 0 Å². The van der Waals surface area contributed by atoms with Crippen LogP contribution in [0.3, 0.4) is 0 Å². The fraction of sp³-hybridized carbons (Fsp3) is 0.429. The predicted octanol–water partition coefficient (Wildman–Crippen LogP) is 2.54. The highest BCUT2D eigenvalue weighted by atomic mass is 32.2. The summed E-state index contributed by atoms with van der Waals surface area (Å²) in [5.74, 6) is 0. The van der Waals surface area contributed by atoms with Crippen LogP contribution in [0, 0.1) is 18.3 Å². The minimum Gasteiger partial charge on any atom is -0.217 e. The van der Waals surface area contributed by atoms with Gasteiger partial charge in [0.15, 0.2) is 0 Å². The Bertz CT molecular complexity index is 624. The molecule has 5 nitrogen and oxygen atoms in total. The first-order chi connectivity index (χ1) is 9.76. The molecule has 20 heavy (non-hydrogen) atoms. The Hall–Kier alpha value is -1.87. The van der Waals surface area contributed by atoms with Crippen molar-refractivity contribution < 1.29 is 0 Å². The molecule has 1 aromatic heterocycles. The maximum Gasteiger partial charge on any atom is 0.210 e. The summed E-state index contributed by atoms with van der Waals surface area (Å²) >= 11 is 1.46. The molecular formula is C14H15N5S. The standard InChI is InChI=1S/C14H15N5S/c1-10-2-4-11(5-3-10)8-13(9-15)20-14-16-17-18-19(14)12-6-7-12/h2-5,12-13H,6-8H2,1H3/t13-/m1/s1. The third-order valence-corrected chi connectivity index (χ3v) is 4.32. The molecule has 1 aliphatic carbocycles. The Labute approximate surface area is 122 Å². The lowest BCUT2D eigenvalue weighted by Gasteiger charge is -2.08. The number of nitrogens with zero attached hydrogens (tertiary/aromatic N) is 5. The number of nitriles is 1. The number of aromatic nitrogens is 4. The molecule has 1 atom stereocenters. The second kappa shape index (κ2) is 5.63. The Kier molecular flexibility index (Phi) is 3.70. The lowest BCUT2D eigenvalue weighted by atomic mass is 10.1. The van der Waals surface area contributed by atoms with Gasteiger partial charge in [-0.15, -0.1) is 5.10 Å². The van der Waals surface area contributed by atoms with Crippen molar-refractivity contribution in [1.29, 1.82) is 5.26 Å². The zero-order valence-corrected chi connectivity index (χ0v) is 12.0. The van der Waals surface area contributed by atoms with Crippen molar-refractivity contribution in [2.24, 2.45) is 0 Å². The van der Waals surface area contributed by atoms with Crippen LogP contribution < -0.4 is 0 Å². The molecule has 1 saturated carbocycles. The van der Waals surface area contributed by atoms with E-state index in [0.717, 1.165) is 18.0 Å². The summed E-state index contributed by atoms with van der Waals surface area (Å²) in [6, 6.07) is 11.1. The van der Waals surface area contributed by atoms with Crippen LogP contribution in [0.2, 0.25) is 0 Å². The number of hydrogen-bond acceptors (Lipinski definition) is 5. The van der Waals surface area contributed by atoms with Crippen LogP contribution in [-0.4, -0.2) is 25.5 Å². The second-order valence-corrected chi connectivity index (χ2v) is 6.23. The maximum absolute atomic E-state index is 9.34. The van der Waals surface area contributed by atoms with E-state index in [-0.39, 0.29) is 5.25 Å². The summed E-state index contributed by atoms with van der Waals surface area (Å²) in [6.45, 7) is 2.06. The topological polar surface area (TPSA) is 67.4 Å². The first-order valence-electron chi connectivity index (χ1n) is 6.66. The van der Waals surface area contributed by atoms with Gasteiger partial charge in [0.1, 0.15) is 5.25 Å². The van der Waals surface area contributed by atoms with Gasteiger partial charge in [0, 0.05) is 0 Å². The largest absolute Gasteiger partial charge is 0.217 e. The average Bonchev–Trinajstić information content (AvgIpc) is 3.20. The van der Waals surface area contributed by atoms with Crippen LogP contribution in [0.5, 0.6) is 0 Å². The molecule has 102 valence electrons. The summed E-state index contributed by atoms with van der Waals surface area (Å²) in [6.07, 6.45) is 2.97. The normalized spacial score (nSPS) is 15.8. The van der Waals surface area contributed by atoms with Gasteiger partial charge in [-0.2, -0.15) is 5.26 Å². The molecule has 0 bridgehead atoms. The van der Waals surface area contributed by atoms with E-state index in [1.807, 2.05) is 4.68 Å². The summed E-state index contributed by atoms with van der Waals surface area (Å²) in [7, 11) is 0. The van der Waals surface area contributed by atoms with Gasteiger partial charge >= 0.3 is 0 Å².